The van der Waals surface area contributed by atoms with Crippen LogP contribution in [-0.4, -0.2) is 17.6 Å². The second-order valence-electron chi connectivity index (χ2n) is 6.11. The van der Waals surface area contributed by atoms with Crippen LogP contribution in [0, 0.1) is 0 Å². The van der Waals surface area contributed by atoms with Crippen molar-refractivity contribution in [2.45, 2.75) is 25.5 Å². The van der Waals surface area contributed by atoms with Crippen molar-refractivity contribution in [3.8, 4) is 5.75 Å². The molecule has 3 aromatic rings. The van der Waals surface area contributed by atoms with E-state index < -0.39 is 0 Å². The third kappa shape index (κ3) is 2.92. The van der Waals surface area contributed by atoms with Gasteiger partial charge < -0.3 is 10.1 Å². The number of hydrogen-bond donors (Lipinski definition) is 1. The van der Waals surface area contributed by atoms with Crippen LogP contribution >= 0.6 is 0 Å². The summed E-state index contributed by atoms with van der Waals surface area (Å²) in [5.74, 6) is 1.02. The number of fused-ring (bicyclic) bond motifs is 2. The first-order valence-corrected chi connectivity index (χ1v) is 8.13. The fourth-order valence-corrected chi connectivity index (χ4v) is 3.10. The van der Waals surface area contributed by atoms with Gasteiger partial charge in [0, 0.05) is 24.4 Å². The quantitative estimate of drug-likeness (QED) is 0.794. The molecule has 1 aromatic heterocycles. The number of ether oxygens (including phenoxy) is 1. The highest BCUT2D eigenvalue weighted by Crippen LogP contribution is 2.28. The Morgan fingerprint density at radius 2 is 1.91 bits per heavy atom. The smallest absolute Gasteiger partial charge is 0.123 e. The Morgan fingerprint density at radius 1 is 1.09 bits per heavy atom. The van der Waals surface area contributed by atoms with Crippen molar-refractivity contribution in [2.75, 3.05) is 6.54 Å². The summed E-state index contributed by atoms with van der Waals surface area (Å²) in [7, 11) is 0. The van der Waals surface area contributed by atoms with Crippen molar-refractivity contribution in [2.24, 2.45) is 0 Å². The van der Waals surface area contributed by atoms with E-state index in [9.17, 15) is 0 Å². The second kappa shape index (κ2) is 6.01. The van der Waals surface area contributed by atoms with Gasteiger partial charge in [0.25, 0.3) is 0 Å². The highest BCUT2D eigenvalue weighted by molar-refractivity contribution is 5.78. The van der Waals surface area contributed by atoms with E-state index in [1.54, 1.807) is 0 Å². The van der Waals surface area contributed by atoms with Crippen molar-refractivity contribution in [1.29, 1.82) is 0 Å². The minimum Gasteiger partial charge on any atom is -0.488 e. The summed E-state index contributed by atoms with van der Waals surface area (Å²) >= 11 is 0. The van der Waals surface area contributed by atoms with E-state index in [2.05, 4.69) is 48.6 Å². The maximum atomic E-state index is 5.98. The Morgan fingerprint density at radius 3 is 2.83 bits per heavy atom. The summed E-state index contributed by atoms with van der Waals surface area (Å²) in [4.78, 5) is 4.76. The SMILES string of the molecule is CC(NCC1Cc2ccccc2O1)c1ccc2ccccc2n1. The number of nitrogens with one attached hydrogen (secondary N) is 1. The number of rotatable bonds is 4. The van der Waals surface area contributed by atoms with Crippen LogP contribution in [0.25, 0.3) is 10.9 Å². The lowest BCUT2D eigenvalue weighted by Gasteiger charge is -2.17. The molecule has 4 rings (SSSR count). The van der Waals surface area contributed by atoms with Gasteiger partial charge in [0.2, 0.25) is 0 Å². The van der Waals surface area contributed by atoms with E-state index >= 15 is 0 Å². The van der Waals surface area contributed by atoms with Crippen LogP contribution in [-0.2, 0) is 6.42 Å². The number of hydrogen-bond acceptors (Lipinski definition) is 3. The molecule has 2 heterocycles. The van der Waals surface area contributed by atoms with Gasteiger partial charge in [0.1, 0.15) is 11.9 Å². The molecule has 2 unspecified atom stereocenters. The van der Waals surface area contributed by atoms with E-state index in [1.165, 1.54) is 10.9 Å². The summed E-state index contributed by atoms with van der Waals surface area (Å²) in [6.07, 6.45) is 1.18. The lowest BCUT2D eigenvalue weighted by molar-refractivity contribution is 0.222. The molecule has 116 valence electrons. The molecule has 3 heteroatoms. The van der Waals surface area contributed by atoms with Crippen molar-refractivity contribution >= 4 is 10.9 Å². The third-order valence-electron chi connectivity index (χ3n) is 4.43. The first kappa shape index (κ1) is 14.2. The molecule has 1 N–H and O–H groups in total. The average Bonchev–Trinajstić information content (AvgIpc) is 3.02. The fourth-order valence-electron chi connectivity index (χ4n) is 3.10. The van der Waals surface area contributed by atoms with Crippen LogP contribution in [0.1, 0.15) is 24.2 Å². The second-order valence-corrected chi connectivity index (χ2v) is 6.11. The minimum atomic E-state index is 0.201. The molecule has 2 atom stereocenters. The molecule has 0 radical (unpaired) electrons. The largest absolute Gasteiger partial charge is 0.488 e. The van der Waals surface area contributed by atoms with E-state index in [0.29, 0.717) is 0 Å². The van der Waals surface area contributed by atoms with E-state index in [4.69, 9.17) is 9.72 Å². The molecular formula is C20H20N2O. The number of nitrogens with zero attached hydrogens (tertiary/aromatic N) is 1. The van der Waals surface area contributed by atoms with Gasteiger partial charge in [-0.2, -0.15) is 0 Å². The van der Waals surface area contributed by atoms with Crippen LogP contribution in [0.2, 0.25) is 0 Å². The zero-order valence-electron chi connectivity index (χ0n) is 13.2. The van der Waals surface area contributed by atoms with Crippen molar-refractivity contribution < 1.29 is 4.74 Å². The van der Waals surface area contributed by atoms with Gasteiger partial charge in [-0.15, -0.1) is 0 Å². The van der Waals surface area contributed by atoms with Gasteiger partial charge in [-0.1, -0.05) is 42.5 Å². The summed E-state index contributed by atoms with van der Waals surface area (Å²) < 4.78 is 5.98. The molecule has 1 aliphatic heterocycles. The topological polar surface area (TPSA) is 34.1 Å². The van der Waals surface area contributed by atoms with Gasteiger partial charge in [0.05, 0.1) is 11.2 Å². The van der Waals surface area contributed by atoms with Gasteiger partial charge in [-0.25, -0.2) is 0 Å². The van der Waals surface area contributed by atoms with E-state index in [-0.39, 0.29) is 12.1 Å². The average molecular weight is 304 g/mol. The molecule has 0 amide bonds. The first-order valence-electron chi connectivity index (χ1n) is 8.13. The van der Waals surface area contributed by atoms with Gasteiger partial charge in [0.15, 0.2) is 0 Å². The lowest BCUT2D eigenvalue weighted by atomic mass is 10.1. The summed E-state index contributed by atoms with van der Waals surface area (Å²) in [6.45, 7) is 2.98. The highest BCUT2D eigenvalue weighted by atomic mass is 16.5. The standard InChI is InChI=1S/C20H20N2O/c1-14(18-11-10-15-6-2-4-8-19(15)22-18)21-13-17-12-16-7-3-5-9-20(16)23-17/h2-11,14,17,21H,12-13H2,1H3. The highest BCUT2D eigenvalue weighted by Gasteiger charge is 2.22. The molecule has 0 saturated carbocycles. The van der Waals surface area contributed by atoms with E-state index in [0.717, 1.165) is 29.9 Å². The maximum absolute atomic E-state index is 5.98. The van der Waals surface area contributed by atoms with Crippen LogP contribution in [0.3, 0.4) is 0 Å². The molecule has 0 spiro atoms. The van der Waals surface area contributed by atoms with Gasteiger partial charge >= 0.3 is 0 Å². The predicted octanol–water partition coefficient (Wildman–Crippen LogP) is 3.89. The van der Waals surface area contributed by atoms with E-state index in [1.807, 2.05) is 24.3 Å². The Kier molecular flexibility index (Phi) is 3.72. The maximum Gasteiger partial charge on any atom is 0.123 e. The van der Waals surface area contributed by atoms with Gasteiger partial charge in [-0.3, -0.25) is 4.98 Å². The summed E-state index contributed by atoms with van der Waals surface area (Å²) in [5, 5.41) is 4.73. The molecule has 1 aliphatic rings. The van der Waals surface area contributed by atoms with Gasteiger partial charge in [-0.05, 0) is 30.7 Å². The molecule has 2 aromatic carbocycles. The van der Waals surface area contributed by atoms with Crippen LogP contribution in [0.15, 0.2) is 60.7 Å². The Hall–Kier alpha value is -2.39. The van der Waals surface area contributed by atoms with Crippen molar-refractivity contribution in [3.63, 3.8) is 0 Å². The number of para-hydroxylation sites is 2. The molecule has 0 aliphatic carbocycles. The third-order valence-corrected chi connectivity index (χ3v) is 4.43. The molecule has 23 heavy (non-hydrogen) atoms. The van der Waals surface area contributed by atoms with Crippen LogP contribution in [0.5, 0.6) is 5.75 Å². The number of benzene rings is 2. The van der Waals surface area contributed by atoms with Crippen LogP contribution < -0.4 is 10.1 Å². The van der Waals surface area contributed by atoms with Crippen molar-refractivity contribution in [1.82, 2.24) is 10.3 Å². The monoisotopic (exact) mass is 304 g/mol. The lowest BCUT2D eigenvalue weighted by Crippen LogP contribution is -2.32. The Labute approximate surface area is 136 Å². The normalized spacial score (nSPS) is 17.7. The minimum absolute atomic E-state index is 0.201. The zero-order valence-corrected chi connectivity index (χ0v) is 13.2. The molecule has 0 fully saturated rings. The molecular weight excluding hydrogens is 284 g/mol. The summed E-state index contributed by atoms with van der Waals surface area (Å²) in [5.41, 5.74) is 3.41. The Bertz CT molecular complexity index is 805. The predicted molar refractivity (Wildman–Crippen MR) is 92.7 cm³/mol. The van der Waals surface area contributed by atoms with Crippen LogP contribution in [0.4, 0.5) is 0 Å². The molecule has 0 saturated heterocycles. The number of aromatic nitrogens is 1. The molecule has 3 nitrogen and oxygen atoms in total. The number of pyridine rings is 1. The Balaban J connectivity index is 1.41. The van der Waals surface area contributed by atoms with Crippen molar-refractivity contribution in [3.05, 3.63) is 71.9 Å². The summed E-state index contributed by atoms with van der Waals surface area (Å²) in [6, 6.07) is 20.9. The molecule has 0 bridgehead atoms. The fraction of sp³-hybridized carbons (Fsp3) is 0.250. The first-order chi connectivity index (χ1) is 11.3. The zero-order chi connectivity index (χ0) is 15.6.